The molecule has 0 radical (unpaired) electrons. The van der Waals surface area contributed by atoms with Crippen molar-refractivity contribution in [3.05, 3.63) is 16.1 Å². The molecule has 0 saturated heterocycles. The maximum Gasteiger partial charge on any atom is 0.0897 e. The molecule has 0 amide bonds. The maximum atomic E-state index is 5.96. The highest BCUT2D eigenvalue weighted by Crippen LogP contribution is 2.16. The summed E-state index contributed by atoms with van der Waals surface area (Å²) in [5, 5.41) is 6.91. The Morgan fingerprint density at radius 3 is 3.12 bits per heavy atom. The van der Waals surface area contributed by atoms with Crippen LogP contribution in [-0.2, 0) is 6.42 Å². The molecule has 2 rings (SSSR count). The lowest BCUT2D eigenvalue weighted by Crippen LogP contribution is -2.40. The average molecular weight is 239 g/mol. The molecular weight excluding hydrogens is 218 g/mol. The van der Waals surface area contributed by atoms with Crippen LogP contribution in [0.4, 0.5) is 0 Å². The number of thiazole rings is 1. The predicted octanol–water partition coefficient (Wildman–Crippen LogP) is 1.85. The molecule has 4 heteroatoms. The first-order valence-corrected chi connectivity index (χ1v) is 7.02. The van der Waals surface area contributed by atoms with Gasteiger partial charge in [-0.3, -0.25) is 0 Å². The van der Waals surface area contributed by atoms with Crippen LogP contribution in [0.15, 0.2) is 5.38 Å². The highest BCUT2D eigenvalue weighted by atomic mass is 32.1. The second kappa shape index (κ2) is 5.75. The molecule has 2 unspecified atom stereocenters. The Morgan fingerprint density at radius 2 is 2.44 bits per heavy atom. The Bertz CT molecular complexity index is 324. The number of nitrogens with two attached hydrogens (primary N) is 1. The molecule has 0 spiro atoms. The van der Waals surface area contributed by atoms with Crippen LogP contribution >= 0.6 is 11.3 Å². The standard InChI is InChI=1S/C12H21N3S/c1-9-15-12(8-16-9)5-6-14-11-4-2-3-10(13)7-11/h8,10-11,14H,2-7,13H2,1H3. The first kappa shape index (κ1) is 12.0. The van der Waals surface area contributed by atoms with Gasteiger partial charge < -0.3 is 11.1 Å². The van der Waals surface area contributed by atoms with E-state index in [1.54, 1.807) is 11.3 Å². The largest absolute Gasteiger partial charge is 0.328 e. The molecule has 1 heterocycles. The lowest BCUT2D eigenvalue weighted by Gasteiger charge is -2.27. The van der Waals surface area contributed by atoms with Crippen molar-refractivity contribution in [1.29, 1.82) is 0 Å². The molecule has 0 aliphatic heterocycles. The summed E-state index contributed by atoms with van der Waals surface area (Å²) in [6, 6.07) is 1.04. The number of nitrogens with one attached hydrogen (secondary N) is 1. The molecule has 3 nitrogen and oxygen atoms in total. The number of aryl methyl sites for hydroxylation is 1. The molecular formula is C12H21N3S. The van der Waals surface area contributed by atoms with Crippen LogP contribution in [0.2, 0.25) is 0 Å². The van der Waals surface area contributed by atoms with Crippen molar-refractivity contribution in [2.24, 2.45) is 5.73 Å². The number of rotatable bonds is 4. The summed E-state index contributed by atoms with van der Waals surface area (Å²) in [4.78, 5) is 4.46. The van der Waals surface area contributed by atoms with E-state index in [-0.39, 0.29) is 0 Å². The van der Waals surface area contributed by atoms with E-state index in [2.05, 4.69) is 22.6 Å². The first-order valence-electron chi connectivity index (χ1n) is 6.14. The van der Waals surface area contributed by atoms with Crippen molar-refractivity contribution in [3.63, 3.8) is 0 Å². The van der Waals surface area contributed by atoms with Gasteiger partial charge in [0.15, 0.2) is 0 Å². The van der Waals surface area contributed by atoms with Crippen LogP contribution in [0.3, 0.4) is 0 Å². The lowest BCUT2D eigenvalue weighted by atomic mass is 9.91. The van der Waals surface area contributed by atoms with Crippen LogP contribution in [0, 0.1) is 6.92 Å². The van der Waals surface area contributed by atoms with Gasteiger partial charge in [0.05, 0.1) is 10.7 Å². The van der Waals surface area contributed by atoms with Gasteiger partial charge in [-0.2, -0.15) is 0 Å². The summed E-state index contributed by atoms with van der Waals surface area (Å²) >= 11 is 1.73. The van der Waals surface area contributed by atoms with E-state index in [4.69, 9.17) is 5.73 Å². The third-order valence-corrected chi connectivity index (χ3v) is 4.02. The number of aromatic nitrogens is 1. The van der Waals surface area contributed by atoms with Crippen LogP contribution in [0.25, 0.3) is 0 Å². The predicted molar refractivity (Wildman–Crippen MR) is 68.8 cm³/mol. The molecule has 1 aliphatic carbocycles. The Balaban J connectivity index is 1.67. The zero-order chi connectivity index (χ0) is 11.4. The summed E-state index contributed by atoms with van der Waals surface area (Å²) in [6.07, 6.45) is 5.92. The van der Waals surface area contributed by atoms with Gasteiger partial charge in [-0.25, -0.2) is 4.98 Å². The molecule has 1 aromatic heterocycles. The Labute approximate surface area is 101 Å². The Kier molecular flexibility index (Phi) is 4.32. The van der Waals surface area contributed by atoms with Gasteiger partial charge in [0.25, 0.3) is 0 Å². The molecule has 1 fully saturated rings. The zero-order valence-corrected chi connectivity index (χ0v) is 10.7. The highest BCUT2D eigenvalue weighted by molar-refractivity contribution is 7.09. The van der Waals surface area contributed by atoms with Crippen LogP contribution in [0.5, 0.6) is 0 Å². The fourth-order valence-corrected chi connectivity index (χ4v) is 2.99. The number of hydrogen-bond acceptors (Lipinski definition) is 4. The van der Waals surface area contributed by atoms with E-state index >= 15 is 0 Å². The van der Waals surface area contributed by atoms with Gasteiger partial charge in [-0.15, -0.1) is 11.3 Å². The molecule has 1 aromatic rings. The average Bonchev–Trinajstić information content (AvgIpc) is 2.64. The van der Waals surface area contributed by atoms with E-state index in [9.17, 15) is 0 Å². The van der Waals surface area contributed by atoms with Gasteiger partial charge in [0.2, 0.25) is 0 Å². The molecule has 0 aromatic carbocycles. The summed E-state index contributed by atoms with van der Waals surface area (Å²) in [5.41, 5.74) is 7.18. The summed E-state index contributed by atoms with van der Waals surface area (Å²) in [5.74, 6) is 0. The molecule has 1 saturated carbocycles. The minimum Gasteiger partial charge on any atom is -0.328 e. The van der Waals surface area contributed by atoms with Crippen molar-refractivity contribution in [3.8, 4) is 0 Å². The minimum absolute atomic E-state index is 0.410. The van der Waals surface area contributed by atoms with Crippen LogP contribution in [-0.4, -0.2) is 23.6 Å². The molecule has 3 N–H and O–H groups in total. The monoisotopic (exact) mass is 239 g/mol. The van der Waals surface area contributed by atoms with E-state index in [0.717, 1.165) is 24.4 Å². The fraction of sp³-hybridized carbons (Fsp3) is 0.750. The van der Waals surface area contributed by atoms with Gasteiger partial charge in [0, 0.05) is 30.4 Å². The minimum atomic E-state index is 0.410. The molecule has 90 valence electrons. The van der Waals surface area contributed by atoms with Gasteiger partial charge in [-0.1, -0.05) is 6.42 Å². The fourth-order valence-electron chi connectivity index (χ4n) is 2.34. The summed E-state index contributed by atoms with van der Waals surface area (Å²) in [7, 11) is 0. The van der Waals surface area contributed by atoms with Crippen molar-refractivity contribution < 1.29 is 0 Å². The topological polar surface area (TPSA) is 50.9 Å². The second-order valence-electron chi connectivity index (χ2n) is 4.69. The molecule has 0 bridgehead atoms. The van der Waals surface area contributed by atoms with Gasteiger partial charge >= 0.3 is 0 Å². The van der Waals surface area contributed by atoms with E-state index in [1.807, 2.05) is 0 Å². The van der Waals surface area contributed by atoms with Crippen molar-refractivity contribution in [2.45, 2.75) is 51.1 Å². The summed E-state index contributed by atoms with van der Waals surface area (Å²) < 4.78 is 0. The van der Waals surface area contributed by atoms with Gasteiger partial charge in [-0.05, 0) is 26.2 Å². The first-order chi connectivity index (χ1) is 7.74. The second-order valence-corrected chi connectivity index (χ2v) is 5.75. The SMILES string of the molecule is Cc1nc(CCNC2CCCC(N)C2)cs1. The smallest absolute Gasteiger partial charge is 0.0897 e. The highest BCUT2D eigenvalue weighted by Gasteiger charge is 2.18. The van der Waals surface area contributed by atoms with Crippen molar-refractivity contribution in [1.82, 2.24) is 10.3 Å². The van der Waals surface area contributed by atoms with Crippen LogP contribution in [0.1, 0.15) is 36.4 Å². The zero-order valence-electron chi connectivity index (χ0n) is 9.91. The summed E-state index contributed by atoms with van der Waals surface area (Å²) in [6.45, 7) is 3.09. The number of nitrogens with zero attached hydrogens (tertiary/aromatic N) is 1. The lowest BCUT2D eigenvalue weighted by molar-refractivity contribution is 0.341. The Morgan fingerprint density at radius 1 is 1.56 bits per heavy atom. The number of hydrogen-bond donors (Lipinski definition) is 2. The maximum absolute atomic E-state index is 5.96. The quantitative estimate of drug-likeness (QED) is 0.843. The Hall–Kier alpha value is -0.450. The van der Waals surface area contributed by atoms with Crippen molar-refractivity contribution >= 4 is 11.3 Å². The normalized spacial score (nSPS) is 25.9. The van der Waals surface area contributed by atoms with E-state index in [1.165, 1.54) is 25.0 Å². The third kappa shape index (κ3) is 3.54. The van der Waals surface area contributed by atoms with E-state index in [0.29, 0.717) is 12.1 Å². The molecule has 16 heavy (non-hydrogen) atoms. The van der Waals surface area contributed by atoms with Crippen LogP contribution < -0.4 is 11.1 Å². The third-order valence-electron chi connectivity index (χ3n) is 3.20. The molecule has 1 aliphatic rings. The van der Waals surface area contributed by atoms with Crippen molar-refractivity contribution in [2.75, 3.05) is 6.54 Å². The van der Waals surface area contributed by atoms with E-state index < -0.39 is 0 Å². The van der Waals surface area contributed by atoms with Gasteiger partial charge in [0.1, 0.15) is 0 Å². The molecule has 2 atom stereocenters.